The molecule has 1 aromatic rings. The number of aryl methyl sites for hydroxylation is 1. The molecule has 1 aromatic heterocycles. The van der Waals surface area contributed by atoms with Gasteiger partial charge in [0.1, 0.15) is 6.04 Å². The van der Waals surface area contributed by atoms with Crippen molar-refractivity contribution in [3.05, 3.63) is 18.0 Å². The highest BCUT2D eigenvalue weighted by Gasteiger charge is 2.36. The Morgan fingerprint density at radius 3 is 3.00 bits per heavy atom. The Kier molecular flexibility index (Phi) is 3.24. The molecule has 1 heterocycles. The fourth-order valence-electron chi connectivity index (χ4n) is 1.79. The van der Waals surface area contributed by atoms with Crippen LogP contribution in [0.4, 0.5) is 0 Å². The smallest absolute Gasteiger partial charge is 0.323 e. The van der Waals surface area contributed by atoms with Crippen LogP contribution < -0.4 is 5.32 Å². The summed E-state index contributed by atoms with van der Waals surface area (Å²) in [4.78, 5) is 11.5. The predicted molar refractivity (Wildman–Crippen MR) is 58.6 cm³/mol. The Balaban J connectivity index is 1.88. The monoisotopic (exact) mass is 223 g/mol. The van der Waals surface area contributed by atoms with E-state index < -0.39 is 0 Å². The first-order chi connectivity index (χ1) is 7.70. The van der Waals surface area contributed by atoms with Crippen LogP contribution in [-0.2, 0) is 23.1 Å². The van der Waals surface area contributed by atoms with Crippen LogP contribution >= 0.6 is 0 Å². The molecule has 1 aliphatic rings. The molecule has 1 unspecified atom stereocenters. The molecule has 0 bridgehead atoms. The van der Waals surface area contributed by atoms with Gasteiger partial charge < -0.3 is 4.74 Å². The maximum absolute atomic E-state index is 11.5. The van der Waals surface area contributed by atoms with Gasteiger partial charge in [0.2, 0.25) is 0 Å². The number of nitrogens with zero attached hydrogens (tertiary/aromatic N) is 2. The maximum atomic E-state index is 11.5. The van der Waals surface area contributed by atoms with E-state index in [2.05, 4.69) is 10.4 Å². The summed E-state index contributed by atoms with van der Waals surface area (Å²) in [5.74, 6) is 0.288. The average molecular weight is 223 g/mol. The zero-order valence-corrected chi connectivity index (χ0v) is 9.64. The Bertz CT molecular complexity index is 371. The van der Waals surface area contributed by atoms with Gasteiger partial charge in [-0.3, -0.25) is 14.8 Å². The number of carbonyl (C=O) groups excluding carboxylic acids is 1. The molecule has 0 radical (unpaired) electrons. The number of hydrogen-bond donors (Lipinski definition) is 1. The Morgan fingerprint density at radius 1 is 1.75 bits per heavy atom. The standard InChI is InChI=1S/C11H17N3O2/c1-14-7-8(6-13-14)5-12-10(9-3-4-9)11(15)16-2/h6-7,9-10,12H,3-5H2,1-2H3. The molecule has 0 aliphatic heterocycles. The molecule has 0 saturated heterocycles. The van der Waals surface area contributed by atoms with Crippen LogP contribution in [0.5, 0.6) is 0 Å². The number of nitrogens with one attached hydrogen (secondary N) is 1. The minimum atomic E-state index is -0.162. The third-order valence-corrected chi connectivity index (χ3v) is 2.83. The van der Waals surface area contributed by atoms with Crippen molar-refractivity contribution in [1.29, 1.82) is 0 Å². The topological polar surface area (TPSA) is 56.1 Å². The van der Waals surface area contributed by atoms with Crippen molar-refractivity contribution in [2.24, 2.45) is 13.0 Å². The number of methoxy groups -OCH3 is 1. The highest BCUT2D eigenvalue weighted by atomic mass is 16.5. The lowest BCUT2D eigenvalue weighted by Crippen LogP contribution is -2.38. The lowest BCUT2D eigenvalue weighted by atomic mass is 10.2. The third kappa shape index (κ3) is 2.61. The molecule has 1 atom stereocenters. The van der Waals surface area contributed by atoms with E-state index in [0.717, 1.165) is 18.4 Å². The first kappa shape index (κ1) is 11.1. The van der Waals surface area contributed by atoms with Crippen LogP contribution in [0.15, 0.2) is 12.4 Å². The molecule has 0 aromatic carbocycles. The van der Waals surface area contributed by atoms with Crippen LogP contribution in [0.3, 0.4) is 0 Å². The van der Waals surface area contributed by atoms with Gasteiger partial charge in [0.25, 0.3) is 0 Å². The molecule has 1 fully saturated rings. The van der Waals surface area contributed by atoms with Gasteiger partial charge in [-0.1, -0.05) is 0 Å². The number of rotatable bonds is 5. The molecule has 5 heteroatoms. The van der Waals surface area contributed by atoms with E-state index in [4.69, 9.17) is 4.74 Å². The molecule has 2 rings (SSSR count). The first-order valence-corrected chi connectivity index (χ1v) is 5.49. The maximum Gasteiger partial charge on any atom is 0.323 e. The molecule has 16 heavy (non-hydrogen) atoms. The zero-order chi connectivity index (χ0) is 11.5. The summed E-state index contributed by atoms with van der Waals surface area (Å²) in [6, 6.07) is -0.162. The van der Waals surface area contributed by atoms with Crippen molar-refractivity contribution in [2.45, 2.75) is 25.4 Å². The van der Waals surface area contributed by atoms with Crippen molar-refractivity contribution in [1.82, 2.24) is 15.1 Å². The van der Waals surface area contributed by atoms with Gasteiger partial charge in [-0.2, -0.15) is 5.10 Å². The van der Waals surface area contributed by atoms with Crippen molar-refractivity contribution >= 4 is 5.97 Å². The third-order valence-electron chi connectivity index (χ3n) is 2.83. The van der Waals surface area contributed by atoms with E-state index in [-0.39, 0.29) is 12.0 Å². The quantitative estimate of drug-likeness (QED) is 0.737. The second-order valence-electron chi connectivity index (χ2n) is 4.24. The van der Waals surface area contributed by atoms with E-state index in [9.17, 15) is 4.79 Å². The van der Waals surface area contributed by atoms with Crippen molar-refractivity contribution in [3.63, 3.8) is 0 Å². The fraction of sp³-hybridized carbons (Fsp3) is 0.636. The van der Waals surface area contributed by atoms with E-state index in [1.165, 1.54) is 7.11 Å². The Labute approximate surface area is 94.8 Å². The Morgan fingerprint density at radius 2 is 2.50 bits per heavy atom. The summed E-state index contributed by atoms with van der Waals surface area (Å²) in [6.07, 6.45) is 5.96. The number of aromatic nitrogens is 2. The second kappa shape index (κ2) is 4.65. The second-order valence-corrected chi connectivity index (χ2v) is 4.24. The average Bonchev–Trinajstić information content (AvgIpc) is 3.02. The van der Waals surface area contributed by atoms with Gasteiger partial charge in [0.15, 0.2) is 0 Å². The van der Waals surface area contributed by atoms with Gasteiger partial charge in [0, 0.05) is 25.4 Å². The van der Waals surface area contributed by atoms with Gasteiger partial charge in [0.05, 0.1) is 13.3 Å². The molecule has 88 valence electrons. The highest BCUT2D eigenvalue weighted by molar-refractivity contribution is 5.76. The minimum absolute atomic E-state index is 0.161. The molecule has 0 amide bonds. The molecular formula is C11H17N3O2. The number of ether oxygens (including phenoxy) is 1. The molecule has 1 N–H and O–H groups in total. The largest absolute Gasteiger partial charge is 0.468 e. The van der Waals surface area contributed by atoms with Gasteiger partial charge >= 0.3 is 5.97 Å². The summed E-state index contributed by atoms with van der Waals surface area (Å²) < 4.78 is 6.54. The summed E-state index contributed by atoms with van der Waals surface area (Å²) in [5, 5.41) is 7.31. The van der Waals surface area contributed by atoms with Crippen molar-refractivity contribution in [2.75, 3.05) is 7.11 Å². The van der Waals surface area contributed by atoms with Crippen LogP contribution in [-0.4, -0.2) is 28.9 Å². The normalized spacial score (nSPS) is 17.1. The molecule has 0 spiro atoms. The van der Waals surface area contributed by atoms with Crippen LogP contribution in [0.1, 0.15) is 18.4 Å². The van der Waals surface area contributed by atoms with Gasteiger partial charge in [-0.15, -0.1) is 0 Å². The van der Waals surface area contributed by atoms with Crippen LogP contribution in [0.2, 0.25) is 0 Å². The molecular weight excluding hydrogens is 206 g/mol. The molecule has 5 nitrogen and oxygen atoms in total. The zero-order valence-electron chi connectivity index (χ0n) is 9.64. The number of carbonyl (C=O) groups is 1. The highest BCUT2D eigenvalue weighted by Crippen LogP contribution is 2.33. The lowest BCUT2D eigenvalue weighted by Gasteiger charge is -2.14. The van der Waals surface area contributed by atoms with E-state index in [0.29, 0.717) is 12.5 Å². The molecule has 1 saturated carbocycles. The minimum Gasteiger partial charge on any atom is -0.468 e. The summed E-state index contributed by atoms with van der Waals surface area (Å²) in [7, 11) is 3.31. The van der Waals surface area contributed by atoms with Gasteiger partial charge in [-0.05, 0) is 18.8 Å². The summed E-state index contributed by atoms with van der Waals surface area (Å²) in [5.41, 5.74) is 1.08. The predicted octanol–water partition coefficient (Wildman–Crippen LogP) is 0.461. The van der Waals surface area contributed by atoms with Crippen LogP contribution in [0, 0.1) is 5.92 Å². The Hall–Kier alpha value is -1.36. The first-order valence-electron chi connectivity index (χ1n) is 5.49. The van der Waals surface area contributed by atoms with E-state index in [1.54, 1.807) is 10.9 Å². The molecule has 1 aliphatic carbocycles. The lowest BCUT2D eigenvalue weighted by molar-refractivity contribution is -0.143. The number of esters is 1. The SMILES string of the molecule is COC(=O)C(NCc1cnn(C)c1)C1CC1. The summed E-state index contributed by atoms with van der Waals surface area (Å²) in [6.45, 7) is 0.657. The van der Waals surface area contributed by atoms with E-state index in [1.807, 2.05) is 13.2 Å². The van der Waals surface area contributed by atoms with Gasteiger partial charge in [-0.25, -0.2) is 0 Å². The summed E-state index contributed by atoms with van der Waals surface area (Å²) >= 11 is 0. The van der Waals surface area contributed by atoms with Crippen molar-refractivity contribution in [3.8, 4) is 0 Å². The van der Waals surface area contributed by atoms with Crippen molar-refractivity contribution < 1.29 is 9.53 Å². The number of hydrogen-bond acceptors (Lipinski definition) is 4. The fourth-order valence-corrected chi connectivity index (χ4v) is 1.79. The van der Waals surface area contributed by atoms with E-state index >= 15 is 0 Å². The van der Waals surface area contributed by atoms with Crippen LogP contribution in [0.25, 0.3) is 0 Å².